The SMILES string of the molecule is CCC(c1c(C)cc(C)cc1C)C(O)(O)C(=O)O. The second kappa shape index (κ2) is 5.08. The van der Waals surface area contributed by atoms with Crippen LogP contribution in [-0.2, 0) is 4.79 Å². The van der Waals surface area contributed by atoms with Crippen LogP contribution in [-0.4, -0.2) is 27.1 Å². The Bertz CT molecular complexity index is 440. The molecule has 0 aromatic heterocycles. The normalized spacial score (nSPS) is 13.4. The number of hydrogen-bond donors (Lipinski definition) is 3. The molecule has 0 aliphatic rings. The van der Waals surface area contributed by atoms with E-state index < -0.39 is 17.7 Å². The van der Waals surface area contributed by atoms with Gasteiger partial charge in [-0.2, -0.15) is 0 Å². The largest absolute Gasteiger partial charge is 0.477 e. The standard InChI is InChI=1S/C14H20O4/c1-5-11(14(17,18)13(15)16)12-9(3)6-8(2)7-10(12)4/h6-7,11,17-18H,5H2,1-4H3,(H,15,16). The van der Waals surface area contributed by atoms with Crippen LogP contribution in [0.1, 0.15) is 41.5 Å². The first kappa shape index (κ1) is 14.7. The number of hydrogen-bond acceptors (Lipinski definition) is 3. The molecule has 0 saturated heterocycles. The summed E-state index contributed by atoms with van der Waals surface area (Å²) in [5, 5.41) is 28.5. The number of aryl methyl sites for hydroxylation is 3. The summed E-state index contributed by atoms with van der Waals surface area (Å²) in [6, 6.07) is 3.84. The molecule has 18 heavy (non-hydrogen) atoms. The molecule has 0 spiro atoms. The minimum Gasteiger partial charge on any atom is -0.477 e. The molecule has 100 valence electrons. The van der Waals surface area contributed by atoms with Gasteiger partial charge in [-0.05, 0) is 43.9 Å². The van der Waals surface area contributed by atoms with Gasteiger partial charge in [-0.1, -0.05) is 24.6 Å². The van der Waals surface area contributed by atoms with Crippen molar-refractivity contribution in [1.82, 2.24) is 0 Å². The fraction of sp³-hybridized carbons (Fsp3) is 0.500. The summed E-state index contributed by atoms with van der Waals surface area (Å²) in [6.07, 6.45) is 0.337. The topological polar surface area (TPSA) is 77.8 Å². The van der Waals surface area contributed by atoms with Gasteiger partial charge in [0.1, 0.15) is 0 Å². The molecule has 0 bridgehead atoms. The minimum atomic E-state index is -2.74. The molecule has 0 radical (unpaired) electrons. The van der Waals surface area contributed by atoms with Crippen LogP contribution in [0.3, 0.4) is 0 Å². The van der Waals surface area contributed by atoms with Crippen LogP contribution in [0.2, 0.25) is 0 Å². The van der Waals surface area contributed by atoms with Crippen molar-refractivity contribution < 1.29 is 20.1 Å². The van der Waals surface area contributed by atoms with E-state index in [1.165, 1.54) is 0 Å². The highest BCUT2D eigenvalue weighted by Crippen LogP contribution is 2.34. The number of benzene rings is 1. The maximum absolute atomic E-state index is 11.0. The quantitative estimate of drug-likeness (QED) is 0.715. The third-order valence-corrected chi connectivity index (χ3v) is 3.30. The van der Waals surface area contributed by atoms with E-state index >= 15 is 0 Å². The van der Waals surface area contributed by atoms with E-state index in [2.05, 4.69) is 0 Å². The van der Waals surface area contributed by atoms with E-state index in [4.69, 9.17) is 5.11 Å². The molecule has 1 unspecified atom stereocenters. The Labute approximate surface area is 107 Å². The van der Waals surface area contributed by atoms with Gasteiger partial charge in [0, 0.05) is 5.92 Å². The van der Waals surface area contributed by atoms with Crippen molar-refractivity contribution in [1.29, 1.82) is 0 Å². The minimum absolute atomic E-state index is 0.337. The molecule has 0 amide bonds. The zero-order valence-electron chi connectivity index (χ0n) is 11.2. The predicted molar refractivity (Wildman–Crippen MR) is 68.5 cm³/mol. The van der Waals surface area contributed by atoms with Crippen LogP contribution in [0, 0.1) is 20.8 Å². The van der Waals surface area contributed by atoms with E-state index in [-0.39, 0.29) is 0 Å². The van der Waals surface area contributed by atoms with E-state index in [0.717, 1.165) is 16.7 Å². The van der Waals surface area contributed by atoms with Crippen LogP contribution < -0.4 is 0 Å². The molecule has 0 aliphatic heterocycles. The molecule has 1 atom stereocenters. The first-order valence-electron chi connectivity index (χ1n) is 5.97. The fourth-order valence-corrected chi connectivity index (χ4v) is 2.58. The van der Waals surface area contributed by atoms with Crippen molar-refractivity contribution in [2.45, 2.75) is 45.8 Å². The molecule has 4 nitrogen and oxygen atoms in total. The first-order chi connectivity index (χ1) is 8.21. The van der Waals surface area contributed by atoms with Gasteiger partial charge in [-0.15, -0.1) is 0 Å². The van der Waals surface area contributed by atoms with E-state index in [9.17, 15) is 15.0 Å². The van der Waals surface area contributed by atoms with Crippen LogP contribution >= 0.6 is 0 Å². The molecular formula is C14H20O4. The van der Waals surface area contributed by atoms with Gasteiger partial charge in [-0.3, -0.25) is 0 Å². The van der Waals surface area contributed by atoms with Gasteiger partial charge in [0.25, 0.3) is 5.79 Å². The number of carboxylic acid groups (broad SMARTS) is 1. The molecule has 0 saturated carbocycles. The highest BCUT2D eigenvalue weighted by Gasteiger charge is 2.43. The number of aliphatic carboxylic acids is 1. The summed E-state index contributed by atoms with van der Waals surface area (Å²) in [5.41, 5.74) is 3.54. The van der Waals surface area contributed by atoms with Crippen LogP contribution in [0.5, 0.6) is 0 Å². The van der Waals surface area contributed by atoms with Gasteiger partial charge in [0.15, 0.2) is 0 Å². The maximum Gasteiger partial charge on any atom is 0.364 e. The molecule has 0 aliphatic carbocycles. The lowest BCUT2D eigenvalue weighted by Crippen LogP contribution is -2.44. The lowest BCUT2D eigenvalue weighted by atomic mass is 9.82. The third kappa shape index (κ3) is 2.54. The highest BCUT2D eigenvalue weighted by atomic mass is 16.5. The van der Waals surface area contributed by atoms with E-state index in [1.807, 2.05) is 32.9 Å². The maximum atomic E-state index is 11.0. The Balaban J connectivity index is 3.39. The number of rotatable bonds is 4. The Morgan fingerprint density at radius 2 is 1.67 bits per heavy atom. The molecule has 0 fully saturated rings. The first-order valence-corrected chi connectivity index (χ1v) is 5.97. The highest BCUT2D eigenvalue weighted by molar-refractivity contribution is 5.76. The van der Waals surface area contributed by atoms with Crippen molar-refractivity contribution >= 4 is 5.97 Å². The molecular weight excluding hydrogens is 232 g/mol. The van der Waals surface area contributed by atoms with Crippen molar-refractivity contribution in [3.8, 4) is 0 Å². The Morgan fingerprint density at radius 3 is 2.00 bits per heavy atom. The van der Waals surface area contributed by atoms with Gasteiger partial charge in [0.05, 0.1) is 0 Å². The van der Waals surface area contributed by atoms with Crippen molar-refractivity contribution in [2.24, 2.45) is 0 Å². The van der Waals surface area contributed by atoms with Crippen molar-refractivity contribution in [3.05, 3.63) is 34.4 Å². The van der Waals surface area contributed by atoms with Gasteiger partial charge in [0.2, 0.25) is 0 Å². The average Bonchev–Trinajstić information content (AvgIpc) is 2.22. The molecule has 3 N–H and O–H groups in total. The summed E-state index contributed by atoms with van der Waals surface area (Å²) < 4.78 is 0. The molecule has 1 aromatic carbocycles. The Hall–Kier alpha value is -1.39. The van der Waals surface area contributed by atoms with Crippen LogP contribution in [0.4, 0.5) is 0 Å². The number of carboxylic acids is 1. The lowest BCUT2D eigenvalue weighted by molar-refractivity contribution is -0.212. The van der Waals surface area contributed by atoms with E-state index in [0.29, 0.717) is 12.0 Å². The zero-order chi connectivity index (χ0) is 14.1. The summed E-state index contributed by atoms with van der Waals surface area (Å²) >= 11 is 0. The number of aliphatic hydroxyl groups is 2. The summed E-state index contributed by atoms with van der Waals surface area (Å²) in [4.78, 5) is 11.0. The number of carbonyl (C=O) groups is 1. The van der Waals surface area contributed by atoms with Crippen LogP contribution in [0.15, 0.2) is 12.1 Å². The summed E-state index contributed by atoms with van der Waals surface area (Å²) in [7, 11) is 0. The van der Waals surface area contributed by atoms with Gasteiger partial charge < -0.3 is 15.3 Å². The monoisotopic (exact) mass is 252 g/mol. The molecule has 1 aromatic rings. The summed E-state index contributed by atoms with van der Waals surface area (Å²) in [6.45, 7) is 7.41. The second-order valence-corrected chi connectivity index (χ2v) is 4.80. The summed E-state index contributed by atoms with van der Waals surface area (Å²) in [5.74, 6) is -5.19. The fourth-order valence-electron chi connectivity index (χ4n) is 2.58. The van der Waals surface area contributed by atoms with E-state index in [1.54, 1.807) is 6.92 Å². The zero-order valence-corrected chi connectivity index (χ0v) is 11.2. The van der Waals surface area contributed by atoms with Gasteiger partial charge >= 0.3 is 5.97 Å². The smallest absolute Gasteiger partial charge is 0.364 e. The lowest BCUT2D eigenvalue weighted by Gasteiger charge is -2.29. The van der Waals surface area contributed by atoms with Crippen molar-refractivity contribution in [3.63, 3.8) is 0 Å². The molecule has 4 heteroatoms. The van der Waals surface area contributed by atoms with Crippen molar-refractivity contribution in [2.75, 3.05) is 0 Å². The molecule has 1 rings (SSSR count). The second-order valence-electron chi connectivity index (χ2n) is 4.80. The van der Waals surface area contributed by atoms with Gasteiger partial charge in [-0.25, -0.2) is 4.79 Å². The Morgan fingerprint density at radius 1 is 1.22 bits per heavy atom. The van der Waals surface area contributed by atoms with Crippen LogP contribution in [0.25, 0.3) is 0 Å². The average molecular weight is 252 g/mol. The Kier molecular flexibility index (Phi) is 4.14. The third-order valence-electron chi connectivity index (χ3n) is 3.30. The predicted octanol–water partition coefficient (Wildman–Crippen LogP) is 1.87. The molecule has 0 heterocycles.